The van der Waals surface area contributed by atoms with Gasteiger partial charge in [0.1, 0.15) is 0 Å². The van der Waals surface area contributed by atoms with Gasteiger partial charge in [-0.1, -0.05) is 42.1 Å². The summed E-state index contributed by atoms with van der Waals surface area (Å²) in [5.74, 6) is -0.0949. The Labute approximate surface area is 142 Å². The van der Waals surface area contributed by atoms with E-state index in [2.05, 4.69) is 23.8 Å². The minimum atomic E-state index is -0.0949. The van der Waals surface area contributed by atoms with Crippen molar-refractivity contribution in [1.29, 1.82) is 0 Å². The molecular formula is C17H22Cl2N2O. The highest BCUT2D eigenvalue weighted by Gasteiger charge is 2.29. The molecule has 22 heavy (non-hydrogen) atoms. The van der Waals surface area contributed by atoms with Gasteiger partial charge in [0.2, 0.25) is 0 Å². The van der Waals surface area contributed by atoms with Gasteiger partial charge in [-0.05, 0) is 38.1 Å². The zero-order valence-electron chi connectivity index (χ0n) is 12.8. The molecule has 2 rings (SSSR count). The van der Waals surface area contributed by atoms with Crippen LogP contribution in [-0.2, 0) is 0 Å². The first-order valence-corrected chi connectivity index (χ1v) is 8.35. The van der Waals surface area contributed by atoms with Crippen molar-refractivity contribution in [3.05, 3.63) is 46.5 Å². The van der Waals surface area contributed by atoms with Crippen molar-refractivity contribution >= 4 is 29.1 Å². The van der Waals surface area contributed by atoms with Gasteiger partial charge >= 0.3 is 0 Å². The smallest absolute Gasteiger partial charge is 0.251 e. The van der Waals surface area contributed by atoms with Crippen LogP contribution in [0.15, 0.2) is 30.9 Å². The first-order chi connectivity index (χ1) is 10.5. The lowest BCUT2D eigenvalue weighted by atomic mass is 9.89. The van der Waals surface area contributed by atoms with E-state index in [4.69, 9.17) is 23.2 Å². The van der Waals surface area contributed by atoms with Gasteiger partial charge in [-0.2, -0.15) is 0 Å². The van der Waals surface area contributed by atoms with E-state index < -0.39 is 0 Å². The molecule has 1 saturated carbocycles. The molecule has 0 saturated heterocycles. The molecule has 1 aromatic carbocycles. The van der Waals surface area contributed by atoms with Crippen LogP contribution < -0.4 is 5.32 Å². The summed E-state index contributed by atoms with van der Waals surface area (Å²) < 4.78 is 0. The number of carbonyl (C=O) groups excluding carboxylic acids is 1. The van der Waals surface area contributed by atoms with Gasteiger partial charge in [0, 0.05) is 24.2 Å². The zero-order valence-corrected chi connectivity index (χ0v) is 14.3. The molecule has 1 aliphatic carbocycles. The van der Waals surface area contributed by atoms with Crippen LogP contribution in [0.25, 0.3) is 0 Å². The summed E-state index contributed by atoms with van der Waals surface area (Å²) in [4.78, 5) is 14.7. The molecule has 1 N–H and O–H groups in total. The molecule has 0 radical (unpaired) electrons. The molecular weight excluding hydrogens is 319 g/mol. The number of benzene rings is 1. The van der Waals surface area contributed by atoms with Crippen molar-refractivity contribution in [3.63, 3.8) is 0 Å². The molecule has 1 fully saturated rings. The van der Waals surface area contributed by atoms with E-state index in [0.29, 0.717) is 21.7 Å². The van der Waals surface area contributed by atoms with E-state index in [0.717, 1.165) is 25.8 Å². The van der Waals surface area contributed by atoms with Gasteiger partial charge in [-0.15, -0.1) is 6.58 Å². The molecule has 0 heterocycles. The van der Waals surface area contributed by atoms with E-state index in [1.807, 2.05) is 6.08 Å². The summed E-state index contributed by atoms with van der Waals surface area (Å²) in [5.41, 5.74) is 0.546. The Morgan fingerprint density at radius 3 is 2.77 bits per heavy atom. The molecule has 0 bridgehead atoms. The lowest BCUT2D eigenvalue weighted by Crippen LogP contribution is -2.52. The van der Waals surface area contributed by atoms with Gasteiger partial charge in [-0.3, -0.25) is 9.69 Å². The van der Waals surface area contributed by atoms with Crippen molar-refractivity contribution in [2.24, 2.45) is 0 Å². The predicted molar refractivity (Wildman–Crippen MR) is 92.8 cm³/mol. The van der Waals surface area contributed by atoms with Crippen molar-refractivity contribution in [2.75, 3.05) is 13.6 Å². The quantitative estimate of drug-likeness (QED) is 0.816. The van der Waals surface area contributed by atoms with Crippen molar-refractivity contribution in [1.82, 2.24) is 10.2 Å². The third kappa shape index (κ3) is 4.25. The number of nitrogens with zero attached hydrogens (tertiary/aromatic N) is 1. The van der Waals surface area contributed by atoms with Gasteiger partial charge in [0.15, 0.2) is 0 Å². The van der Waals surface area contributed by atoms with Gasteiger partial charge in [0.05, 0.1) is 10.0 Å². The van der Waals surface area contributed by atoms with Crippen molar-refractivity contribution < 1.29 is 4.79 Å². The second-order valence-corrected chi connectivity index (χ2v) is 6.60. The minimum Gasteiger partial charge on any atom is -0.348 e. The fourth-order valence-electron chi connectivity index (χ4n) is 3.04. The number of amides is 1. The van der Waals surface area contributed by atoms with Crippen LogP contribution in [0.2, 0.25) is 10.0 Å². The molecule has 0 spiro atoms. The second-order valence-electron chi connectivity index (χ2n) is 5.79. The number of nitrogens with one attached hydrogen (secondary N) is 1. The Hall–Kier alpha value is -1.03. The molecule has 0 aliphatic heterocycles. The normalized spacial score (nSPS) is 21.6. The third-order valence-corrected chi connectivity index (χ3v) is 4.95. The summed E-state index contributed by atoms with van der Waals surface area (Å²) in [5, 5.41) is 4.01. The fourth-order valence-corrected chi connectivity index (χ4v) is 3.33. The molecule has 120 valence electrons. The fraction of sp³-hybridized carbons (Fsp3) is 0.471. The number of hydrogen-bond donors (Lipinski definition) is 1. The third-order valence-electron chi connectivity index (χ3n) is 4.21. The Balaban J connectivity index is 2.07. The Morgan fingerprint density at radius 1 is 1.36 bits per heavy atom. The van der Waals surface area contributed by atoms with Gasteiger partial charge in [0.25, 0.3) is 5.91 Å². The Kier molecular flexibility index (Phi) is 6.30. The maximum absolute atomic E-state index is 12.5. The predicted octanol–water partition coefficient (Wildman–Crippen LogP) is 4.15. The standard InChI is InChI=1S/C17H22Cl2N2O/c1-3-10-21(2)16-7-5-4-6-15(16)20-17(22)12-8-9-13(18)14(19)11-12/h3,8-9,11,15-16H,1,4-7,10H2,2H3,(H,20,22)/t15?,16-/m1/s1. The summed E-state index contributed by atoms with van der Waals surface area (Å²) in [6.07, 6.45) is 6.33. The van der Waals surface area contributed by atoms with Crippen molar-refractivity contribution in [3.8, 4) is 0 Å². The molecule has 1 unspecified atom stereocenters. The Morgan fingerprint density at radius 2 is 2.09 bits per heavy atom. The van der Waals surface area contributed by atoms with Crippen molar-refractivity contribution in [2.45, 2.75) is 37.8 Å². The number of carbonyl (C=O) groups is 1. The van der Waals surface area contributed by atoms with E-state index in [-0.39, 0.29) is 11.9 Å². The number of likely N-dealkylation sites (N-methyl/N-ethyl adjacent to an activating group) is 1. The second kappa shape index (κ2) is 8.00. The topological polar surface area (TPSA) is 32.3 Å². The minimum absolute atomic E-state index is 0.0949. The first-order valence-electron chi connectivity index (χ1n) is 7.60. The molecule has 2 atom stereocenters. The average Bonchev–Trinajstić information content (AvgIpc) is 2.50. The van der Waals surface area contributed by atoms with E-state index in [1.54, 1.807) is 18.2 Å². The van der Waals surface area contributed by atoms with Crippen LogP contribution in [0, 0.1) is 0 Å². The molecule has 0 aromatic heterocycles. The zero-order chi connectivity index (χ0) is 16.1. The SMILES string of the molecule is C=CCN(C)[C@@H]1CCCCC1NC(=O)c1ccc(Cl)c(Cl)c1. The molecule has 5 heteroatoms. The summed E-state index contributed by atoms with van der Waals surface area (Å²) >= 11 is 11.9. The van der Waals surface area contributed by atoms with E-state index in [9.17, 15) is 4.79 Å². The lowest BCUT2D eigenvalue weighted by Gasteiger charge is -2.38. The van der Waals surface area contributed by atoms with Gasteiger partial charge < -0.3 is 5.32 Å². The van der Waals surface area contributed by atoms with E-state index in [1.165, 1.54) is 6.42 Å². The highest BCUT2D eigenvalue weighted by molar-refractivity contribution is 6.42. The number of hydrogen-bond acceptors (Lipinski definition) is 2. The summed E-state index contributed by atoms with van der Waals surface area (Å²) in [7, 11) is 2.08. The maximum Gasteiger partial charge on any atom is 0.251 e. The van der Waals surface area contributed by atoms with Crippen LogP contribution in [0.3, 0.4) is 0 Å². The number of halogens is 2. The molecule has 1 amide bonds. The van der Waals surface area contributed by atoms with Crippen LogP contribution in [0.4, 0.5) is 0 Å². The largest absolute Gasteiger partial charge is 0.348 e. The molecule has 3 nitrogen and oxygen atoms in total. The Bertz CT molecular complexity index is 547. The van der Waals surface area contributed by atoms with Crippen LogP contribution in [0.1, 0.15) is 36.0 Å². The van der Waals surface area contributed by atoms with Gasteiger partial charge in [-0.25, -0.2) is 0 Å². The van der Waals surface area contributed by atoms with Crippen LogP contribution in [0.5, 0.6) is 0 Å². The van der Waals surface area contributed by atoms with Crippen LogP contribution >= 0.6 is 23.2 Å². The molecule has 1 aliphatic rings. The highest BCUT2D eigenvalue weighted by atomic mass is 35.5. The monoisotopic (exact) mass is 340 g/mol. The lowest BCUT2D eigenvalue weighted by molar-refractivity contribution is 0.0874. The summed E-state index contributed by atoms with van der Waals surface area (Å²) in [6, 6.07) is 5.47. The first kappa shape index (κ1) is 17.3. The molecule has 1 aromatic rings. The number of rotatable bonds is 5. The average molecular weight is 341 g/mol. The van der Waals surface area contributed by atoms with Crippen LogP contribution in [-0.4, -0.2) is 36.5 Å². The maximum atomic E-state index is 12.5. The summed E-state index contributed by atoms with van der Waals surface area (Å²) in [6.45, 7) is 4.61. The van der Waals surface area contributed by atoms with E-state index >= 15 is 0 Å². The highest BCUT2D eigenvalue weighted by Crippen LogP contribution is 2.25.